The minimum atomic E-state index is 0.234. The number of benzene rings is 1. The predicted molar refractivity (Wildman–Crippen MR) is 64.5 cm³/mol. The standard InChI is InChI=1S/C13H14N2O/c1-2-14-11-5-3-4-6-12(11)15-8-7-10(16)9-13(14)15/h3-6,9H,2,7-8H2,1H3. The lowest BCUT2D eigenvalue weighted by molar-refractivity contribution is -0.114. The van der Waals surface area contributed by atoms with E-state index in [0.29, 0.717) is 6.42 Å². The maximum absolute atomic E-state index is 11.5. The number of nitrogens with zero attached hydrogens (tertiary/aromatic N) is 2. The molecule has 0 spiro atoms. The van der Waals surface area contributed by atoms with Gasteiger partial charge in [0.05, 0.1) is 11.4 Å². The molecule has 0 aliphatic carbocycles. The molecule has 0 bridgehead atoms. The number of hydrogen-bond acceptors (Lipinski definition) is 3. The average Bonchev–Trinajstić information content (AvgIpc) is 2.61. The van der Waals surface area contributed by atoms with E-state index in [2.05, 4.69) is 28.9 Å². The van der Waals surface area contributed by atoms with E-state index in [9.17, 15) is 4.79 Å². The summed E-state index contributed by atoms with van der Waals surface area (Å²) in [4.78, 5) is 15.9. The van der Waals surface area contributed by atoms with E-state index in [4.69, 9.17) is 0 Å². The van der Waals surface area contributed by atoms with E-state index in [1.807, 2.05) is 12.1 Å². The number of para-hydroxylation sites is 2. The Balaban J connectivity index is 2.16. The Kier molecular flexibility index (Phi) is 1.99. The highest BCUT2D eigenvalue weighted by Crippen LogP contribution is 2.42. The van der Waals surface area contributed by atoms with E-state index in [1.165, 1.54) is 11.4 Å². The first-order valence-corrected chi connectivity index (χ1v) is 5.70. The number of anilines is 2. The van der Waals surface area contributed by atoms with Gasteiger partial charge in [0.2, 0.25) is 0 Å². The lowest BCUT2D eigenvalue weighted by Gasteiger charge is -2.27. The van der Waals surface area contributed by atoms with Crippen LogP contribution in [0.3, 0.4) is 0 Å². The highest BCUT2D eigenvalue weighted by Gasteiger charge is 2.32. The topological polar surface area (TPSA) is 23.6 Å². The molecule has 0 unspecified atom stereocenters. The quantitative estimate of drug-likeness (QED) is 0.715. The molecule has 2 heterocycles. The summed E-state index contributed by atoms with van der Waals surface area (Å²) in [7, 11) is 0. The molecule has 3 heteroatoms. The van der Waals surface area contributed by atoms with Crippen molar-refractivity contribution in [2.24, 2.45) is 0 Å². The lowest BCUT2D eigenvalue weighted by Crippen LogP contribution is -2.33. The molecule has 0 atom stereocenters. The molecule has 0 N–H and O–H groups in total. The van der Waals surface area contributed by atoms with Crippen molar-refractivity contribution in [3.8, 4) is 0 Å². The molecule has 16 heavy (non-hydrogen) atoms. The van der Waals surface area contributed by atoms with Crippen LogP contribution in [0.4, 0.5) is 11.4 Å². The summed E-state index contributed by atoms with van der Waals surface area (Å²) in [5.41, 5.74) is 2.44. The van der Waals surface area contributed by atoms with Crippen molar-refractivity contribution in [1.29, 1.82) is 0 Å². The van der Waals surface area contributed by atoms with Crippen molar-refractivity contribution in [3.63, 3.8) is 0 Å². The van der Waals surface area contributed by atoms with Crippen molar-refractivity contribution in [2.45, 2.75) is 13.3 Å². The maximum Gasteiger partial charge on any atom is 0.161 e. The van der Waals surface area contributed by atoms with Crippen molar-refractivity contribution in [1.82, 2.24) is 0 Å². The molecule has 3 rings (SSSR count). The summed E-state index contributed by atoms with van der Waals surface area (Å²) < 4.78 is 0. The highest BCUT2D eigenvalue weighted by atomic mass is 16.1. The zero-order chi connectivity index (χ0) is 11.1. The van der Waals surface area contributed by atoms with Gasteiger partial charge in [-0.05, 0) is 19.1 Å². The maximum atomic E-state index is 11.5. The van der Waals surface area contributed by atoms with Gasteiger partial charge in [-0.3, -0.25) is 4.79 Å². The second-order valence-electron chi connectivity index (χ2n) is 4.10. The van der Waals surface area contributed by atoms with Crippen LogP contribution in [-0.2, 0) is 4.79 Å². The average molecular weight is 214 g/mol. The monoisotopic (exact) mass is 214 g/mol. The van der Waals surface area contributed by atoms with Gasteiger partial charge < -0.3 is 9.80 Å². The largest absolute Gasteiger partial charge is 0.326 e. The molecule has 0 radical (unpaired) electrons. The van der Waals surface area contributed by atoms with E-state index >= 15 is 0 Å². The number of ketones is 1. The van der Waals surface area contributed by atoms with Crippen LogP contribution in [0, 0.1) is 0 Å². The van der Waals surface area contributed by atoms with Gasteiger partial charge in [0, 0.05) is 25.6 Å². The highest BCUT2D eigenvalue weighted by molar-refractivity contribution is 5.97. The SMILES string of the molecule is CCN1C2=CC(=O)CCN2c2ccccc21. The molecule has 2 aliphatic heterocycles. The molecule has 82 valence electrons. The van der Waals surface area contributed by atoms with Crippen LogP contribution >= 0.6 is 0 Å². The van der Waals surface area contributed by atoms with Crippen molar-refractivity contribution < 1.29 is 4.79 Å². The molecule has 0 fully saturated rings. The second kappa shape index (κ2) is 3.37. The van der Waals surface area contributed by atoms with Crippen LogP contribution < -0.4 is 9.80 Å². The first-order chi connectivity index (χ1) is 7.81. The van der Waals surface area contributed by atoms with Crippen LogP contribution in [0.5, 0.6) is 0 Å². The summed E-state index contributed by atoms with van der Waals surface area (Å²) in [5, 5.41) is 0. The number of carbonyl (C=O) groups is 1. The number of fused-ring (bicyclic) bond motifs is 3. The van der Waals surface area contributed by atoms with Crippen LogP contribution in [0.1, 0.15) is 13.3 Å². The van der Waals surface area contributed by atoms with Crippen molar-refractivity contribution in [3.05, 3.63) is 36.2 Å². The number of hydrogen-bond donors (Lipinski definition) is 0. The third-order valence-corrected chi connectivity index (χ3v) is 3.20. The fraction of sp³-hybridized carbons (Fsp3) is 0.308. The summed E-state index contributed by atoms with van der Waals surface area (Å²) in [6.45, 7) is 3.81. The summed E-state index contributed by atoms with van der Waals surface area (Å²) in [6.07, 6.45) is 2.39. The molecule has 0 saturated carbocycles. The smallest absolute Gasteiger partial charge is 0.161 e. The van der Waals surface area contributed by atoms with E-state index in [-0.39, 0.29) is 5.78 Å². The Morgan fingerprint density at radius 3 is 2.75 bits per heavy atom. The minimum Gasteiger partial charge on any atom is -0.326 e. The van der Waals surface area contributed by atoms with E-state index in [0.717, 1.165) is 18.9 Å². The van der Waals surface area contributed by atoms with Gasteiger partial charge in [0.25, 0.3) is 0 Å². The lowest BCUT2D eigenvalue weighted by atomic mass is 10.2. The first-order valence-electron chi connectivity index (χ1n) is 5.70. The predicted octanol–water partition coefficient (Wildman–Crippen LogP) is 2.15. The summed E-state index contributed by atoms with van der Waals surface area (Å²) in [5.74, 6) is 1.28. The molecule has 1 aromatic carbocycles. The molecule has 0 aromatic heterocycles. The van der Waals surface area contributed by atoms with Crippen LogP contribution in [0.2, 0.25) is 0 Å². The van der Waals surface area contributed by atoms with Gasteiger partial charge in [-0.25, -0.2) is 0 Å². The Labute approximate surface area is 95.0 Å². The van der Waals surface area contributed by atoms with Gasteiger partial charge in [-0.15, -0.1) is 0 Å². The zero-order valence-electron chi connectivity index (χ0n) is 9.31. The minimum absolute atomic E-state index is 0.234. The summed E-state index contributed by atoms with van der Waals surface area (Å²) in [6, 6.07) is 8.32. The van der Waals surface area contributed by atoms with E-state index < -0.39 is 0 Å². The second-order valence-corrected chi connectivity index (χ2v) is 4.10. The molecule has 0 saturated heterocycles. The fourth-order valence-corrected chi connectivity index (χ4v) is 2.47. The van der Waals surface area contributed by atoms with E-state index in [1.54, 1.807) is 6.08 Å². The molecule has 1 aromatic rings. The normalized spacial score (nSPS) is 18.3. The Morgan fingerprint density at radius 2 is 2.00 bits per heavy atom. The fourth-order valence-electron chi connectivity index (χ4n) is 2.47. The van der Waals surface area contributed by atoms with Gasteiger partial charge in [0.15, 0.2) is 5.78 Å². The Morgan fingerprint density at radius 1 is 1.25 bits per heavy atom. The third-order valence-electron chi connectivity index (χ3n) is 3.20. The number of allylic oxidation sites excluding steroid dienone is 1. The zero-order valence-corrected chi connectivity index (χ0v) is 9.31. The van der Waals surface area contributed by atoms with Crippen molar-refractivity contribution >= 4 is 17.2 Å². The van der Waals surface area contributed by atoms with Gasteiger partial charge in [-0.1, -0.05) is 12.1 Å². The molecular formula is C13H14N2O. The Hall–Kier alpha value is -1.77. The van der Waals surface area contributed by atoms with Crippen LogP contribution in [0.25, 0.3) is 0 Å². The van der Waals surface area contributed by atoms with Gasteiger partial charge in [-0.2, -0.15) is 0 Å². The molecular weight excluding hydrogens is 200 g/mol. The molecule has 2 aliphatic rings. The van der Waals surface area contributed by atoms with Gasteiger partial charge in [0.1, 0.15) is 5.82 Å². The van der Waals surface area contributed by atoms with Crippen molar-refractivity contribution in [2.75, 3.05) is 22.9 Å². The summed E-state index contributed by atoms with van der Waals surface area (Å²) >= 11 is 0. The number of carbonyl (C=O) groups excluding carboxylic acids is 1. The van der Waals surface area contributed by atoms with Crippen LogP contribution in [-0.4, -0.2) is 18.9 Å². The van der Waals surface area contributed by atoms with Crippen LogP contribution in [0.15, 0.2) is 36.2 Å². The third kappa shape index (κ3) is 1.18. The molecule has 0 amide bonds. The number of rotatable bonds is 1. The van der Waals surface area contributed by atoms with Gasteiger partial charge >= 0.3 is 0 Å². The Bertz CT molecular complexity index is 464. The molecule has 3 nitrogen and oxygen atoms in total. The first kappa shape index (κ1) is 9.46.